The number of halogens is 2. The van der Waals surface area contributed by atoms with Crippen LogP contribution in [0.3, 0.4) is 0 Å². The van der Waals surface area contributed by atoms with E-state index in [-0.39, 0.29) is 17.6 Å². The van der Waals surface area contributed by atoms with Crippen molar-refractivity contribution in [3.63, 3.8) is 0 Å². The van der Waals surface area contributed by atoms with Crippen molar-refractivity contribution < 1.29 is 9.18 Å². The molecule has 1 fully saturated rings. The standard InChI is InChI=1S/C26H25ClFN5O/c1-17-14-25(33-24(30-17)15-23(31-33)21-4-2-3-5-22(21)28)32-12-10-19(11-13-32)26(34)29-16-18-6-8-20(27)9-7-18/h2-9,14-15,19H,10-13,16H2,1H3,(H,29,34). The highest BCUT2D eigenvalue weighted by Crippen LogP contribution is 2.28. The largest absolute Gasteiger partial charge is 0.356 e. The van der Waals surface area contributed by atoms with E-state index in [1.54, 1.807) is 22.7 Å². The van der Waals surface area contributed by atoms with Crippen molar-refractivity contribution in [1.82, 2.24) is 19.9 Å². The first kappa shape index (κ1) is 22.3. The Morgan fingerprint density at radius 1 is 1.12 bits per heavy atom. The van der Waals surface area contributed by atoms with Gasteiger partial charge in [0.15, 0.2) is 5.65 Å². The monoisotopic (exact) mass is 477 g/mol. The molecule has 1 N–H and O–H groups in total. The molecule has 8 heteroatoms. The third kappa shape index (κ3) is 4.61. The van der Waals surface area contributed by atoms with Gasteiger partial charge < -0.3 is 10.2 Å². The van der Waals surface area contributed by atoms with Crippen LogP contribution in [0, 0.1) is 18.7 Å². The zero-order chi connectivity index (χ0) is 23.7. The molecule has 0 radical (unpaired) electrons. The first-order valence-electron chi connectivity index (χ1n) is 11.4. The number of fused-ring (bicyclic) bond motifs is 1. The number of rotatable bonds is 5. The molecule has 1 aliphatic heterocycles. The molecule has 0 atom stereocenters. The van der Waals surface area contributed by atoms with Gasteiger partial charge in [-0.1, -0.05) is 35.9 Å². The second-order valence-corrected chi connectivity index (χ2v) is 9.08. The van der Waals surface area contributed by atoms with Gasteiger partial charge in [-0.2, -0.15) is 9.61 Å². The summed E-state index contributed by atoms with van der Waals surface area (Å²) in [5.74, 6) is 0.639. The number of piperidine rings is 1. The van der Waals surface area contributed by atoms with Crippen molar-refractivity contribution in [2.45, 2.75) is 26.3 Å². The van der Waals surface area contributed by atoms with E-state index in [0.717, 1.165) is 43.0 Å². The van der Waals surface area contributed by atoms with Crippen LogP contribution in [-0.2, 0) is 11.3 Å². The summed E-state index contributed by atoms with van der Waals surface area (Å²) in [4.78, 5) is 19.5. The first-order chi connectivity index (χ1) is 16.5. The lowest BCUT2D eigenvalue weighted by Gasteiger charge is -2.33. The highest BCUT2D eigenvalue weighted by molar-refractivity contribution is 6.30. The molecule has 6 nitrogen and oxygen atoms in total. The molecule has 0 unspecified atom stereocenters. The molecule has 0 aliphatic carbocycles. The number of hydrogen-bond acceptors (Lipinski definition) is 4. The summed E-state index contributed by atoms with van der Waals surface area (Å²) in [6, 6.07) is 17.9. The van der Waals surface area contributed by atoms with E-state index in [9.17, 15) is 9.18 Å². The first-order valence-corrected chi connectivity index (χ1v) is 11.7. The number of amides is 1. The summed E-state index contributed by atoms with van der Waals surface area (Å²) in [5, 5.41) is 8.39. The number of hydrogen-bond donors (Lipinski definition) is 1. The van der Waals surface area contributed by atoms with Gasteiger partial charge in [-0.3, -0.25) is 4.79 Å². The quantitative estimate of drug-likeness (QED) is 0.438. The van der Waals surface area contributed by atoms with E-state index in [2.05, 4.69) is 20.3 Å². The van der Waals surface area contributed by atoms with Crippen LogP contribution in [0.25, 0.3) is 16.9 Å². The second kappa shape index (κ2) is 9.43. The van der Waals surface area contributed by atoms with E-state index < -0.39 is 0 Å². The topological polar surface area (TPSA) is 62.5 Å². The van der Waals surface area contributed by atoms with Gasteiger partial charge in [0, 0.05) is 54.0 Å². The Labute approximate surface area is 202 Å². The van der Waals surface area contributed by atoms with Crippen LogP contribution in [-0.4, -0.2) is 33.6 Å². The number of anilines is 1. The van der Waals surface area contributed by atoms with Gasteiger partial charge in [0.25, 0.3) is 0 Å². The number of aryl methyl sites for hydroxylation is 1. The fourth-order valence-corrected chi connectivity index (χ4v) is 4.54. The van der Waals surface area contributed by atoms with Gasteiger partial charge in [0.2, 0.25) is 5.91 Å². The minimum Gasteiger partial charge on any atom is -0.356 e. The molecule has 1 saturated heterocycles. The maximum absolute atomic E-state index is 14.3. The van der Waals surface area contributed by atoms with Gasteiger partial charge in [-0.15, -0.1) is 0 Å². The number of benzene rings is 2. The fourth-order valence-electron chi connectivity index (χ4n) is 4.41. The molecule has 0 spiro atoms. The van der Waals surface area contributed by atoms with Crippen LogP contribution >= 0.6 is 11.6 Å². The van der Waals surface area contributed by atoms with E-state index >= 15 is 0 Å². The smallest absolute Gasteiger partial charge is 0.223 e. The number of aromatic nitrogens is 3. The van der Waals surface area contributed by atoms with Gasteiger partial charge in [0.05, 0.1) is 5.69 Å². The van der Waals surface area contributed by atoms with Crippen molar-refractivity contribution in [1.29, 1.82) is 0 Å². The molecule has 0 bridgehead atoms. The average molecular weight is 478 g/mol. The average Bonchev–Trinajstić information content (AvgIpc) is 3.27. The molecule has 2 aromatic heterocycles. The predicted octanol–water partition coefficient (Wildman–Crippen LogP) is 5.03. The van der Waals surface area contributed by atoms with Crippen molar-refractivity contribution in [3.05, 3.63) is 82.8 Å². The summed E-state index contributed by atoms with van der Waals surface area (Å²) < 4.78 is 16.1. The summed E-state index contributed by atoms with van der Waals surface area (Å²) in [5.41, 5.74) is 3.57. The van der Waals surface area contributed by atoms with Crippen LogP contribution in [0.4, 0.5) is 10.2 Å². The molecule has 1 amide bonds. The van der Waals surface area contributed by atoms with Crippen molar-refractivity contribution >= 4 is 29.0 Å². The Morgan fingerprint density at radius 2 is 1.85 bits per heavy atom. The molecule has 0 saturated carbocycles. The van der Waals surface area contributed by atoms with Gasteiger partial charge in [-0.05, 0) is 49.6 Å². The summed E-state index contributed by atoms with van der Waals surface area (Å²) >= 11 is 5.93. The lowest BCUT2D eigenvalue weighted by molar-refractivity contribution is -0.125. The van der Waals surface area contributed by atoms with E-state index in [1.165, 1.54) is 6.07 Å². The molecular weight excluding hydrogens is 453 g/mol. The fraction of sp³-hybridized carbons (Fsp3) is 0.269. The third-order valence-corrected chi connectivity index (χ3v) is 6.51. The van der Waals surface area contributed by atoms with Crippen LogP contribution < -0.4 is 10.2 Å². The predicted molar refractivity (Wildman–Crippen MR) is 131 cm³/mol. The highest BCUT2D eigenvalue weighted by Gasteiger charge is 2.26. The number of nitrogens with zero attached hydrogens (tertiary/aromatic N) is 4. The van der Waals surface area contributed by atoms with E-state index in [1.807, 2.05) is 43.3 Å². The van der Waals surface area contributed by atoms with Crippen LogP contribution in [0.15, 0.2) is 60.7 Å². The zero-order valence-corrected chi connectivity index (χ0v) is 19.6. The van der Waals surface area contributed by atoms with Gasteiger partial charge in [-0.25, -0.2) is 9.37 Å². The lowest BCUT2D eigenvalue weighted by atomic mass is 9.95. The molecule has 4 aromatic rings. The minimum absolute atomic E-state index is 0.0337. The molecule has 1 aliphatic rings. The van der Waals surface area contributed by atoms with Crippen molar-refractivity contribution in [3.8, 4) is 11.3 Å². The van der Waals surface area contributed by atoms with Crippen molar-refractivity contribution in [2.75, 3.05) is 18.0 Å². The van der Waals surface area contributed by atoms with Gasteiger partial charge >= 0.3 is 0 Å². The van der Waals surface area contributed by atoms with Crippen LogP contribution in [0.5, 0.6) is 0 Å². The Morgan fingerprint density at radius 3 is 2.59 bits per heavy atom. The molecular formula is C26H25ClFN5O. The summed E-state index contributed by atoms with van der Waals surface area (Å²) in [6.45, 7) is 3.89. The Balaban J connectivity index is 1.29. The molecule has 34 heavy (non-hydrogen) atoms. The second-order valence-electron chi connectivity index (χ2n) is 8.64. The number of carbonyl (C=O) groups is 1. The van der Waals surface area contributed by atoms with E-state index in [0.29, 0.717) is 28.5 Å². The molecule has 3 heterocycles. The third-order valence-electron chi connectivity index (χ3n) is 6.26. The highest BCUT2D eigenvalue weighted by atomic mass is 35.5. The molecule has 5 rings (SSSR count). The molecule has 174 valence electrons. The van der Waals surface area contributed by atoms with Crippen LogP contribution in [0.2, 0.25) is 5.02 Å². The normalized spacial score (nSPS) is 14.5. The molecule has 2 aromatic carbocycles. The maximum Gasteiger partial charge on any atom is 0.223 e. The summed E-state index contributed by atoms with van der Waals surface area (Å²) in [7, 11) is 0. The Kier molecular flexibility index (Phi) is 6.20. The van der Waals surface area contributed by atoms with E-state index in [4.69, 9.17) is 11.6 Å². The van der Waals surface area contributed by atoms with Crippen molar-refractivity contribution in [2.24, 2.45) is 5.92 Å². The van der Waals surface area contributed by atoms with Crippen LogP contribution in [0.1, 0.15) is 24.1 Å². The number of nitrogens with one attached hydrogen (secondary N) is 1. The Hall–Kier alpha value is -3.45. The number of carbonyl (C=O) groups excluding carboxylic acids is 1. The summed E-state index contributed by atoms with van der Waals surface area (Å²) in [6.07, 6.45) is 1.49. The SMILES string of the molecule is Cc1cc(N2CCC(C(=O)NCc3ccc(Cl)cc3)CC2)n2nc(-c3ccccc3F)cc2n1. The maximum atomic E-state index is 14.3. The Bertz CT molecular complexity index is 1330. The zero-order valence-electron chi connectivity index (χ0n) is 18.8. The minimum atomic E-state index is -0.311. The lowest BCUT2D eigenvalue weighted by Crippen LogP contribution is -2.41. The van der Waals surface area contributed by atoms with Gasteiger partial charge in [0.1, 0.15) is 11.6 Å².